The van der Waals surface area contributed by atoms with Crippen LogP contribution in [0.2, 0.25) is 5.02 Å². The molecule has 0 heterocycles. The Morgan fingerprint density at radius 2 is 1.67 bits per heavy atom. The first-order chi connectivity index (χ1) is 13.2. The second-order valence-corrected chi connectivity index (χ2v) is 6.79. The summed E-state index contributed by atoms with van der Waals surface area (Å²) in [7, 11) is 1.65. The Balaban J connectivity index is 1.63. The molecule has 0 saturated heterocycles. The summed E-state index contributed by atoms with van der Waals surface area (Å²) in [6.45, 7) is 3.31. The molecule has 4 heteroatoms. The van der Waals surface area contributed by atoms with E-state index in [0.29, 0.717) is 23.1 Å². The number of methoxy groups -OCH3 is 1. The van der Waals surface area contributed by atoms with Crippen molar-refractivity contribution in [3.8, 4) is 11.5 Å². The van der Waals surface area contributed by atoms with Gasteiger partial charge in [0.25, 0.3) is 0 Å². The van der Waals surface area contributed by atoms with Gasteiger partial charge in [0.1, 0.15) is 6.61 Å². The van der Waals surface area contributed by atoms with Gasteiger partial charge in [-0.05, 0) is 36.2 Å². The molecule has 0 fully saturated rings. The van der Waals surface area contributed by atoms with E-state index in [4.69, 9.17) is 21.1 Å². The van der Waals surface area contributed by atoms with Crippen molar-refractivity contribution in [1.29, 1.82) is 0 Å². The zero-order chi connectivity index (χ0) is 19.1. The van der Waals surface area contributed by atoms with E-state index < -0.39 is 0 Å². The average Bonchev–Trinajstić information content (AvgIpc) is 2.72. The van der Waals surface area contributed by atoms with Crippen molar-refractivity contribution in [1.82, 2.24) is 5.32 Å². The third-order valence-corrected chi connectivity index (χ3v) is 4.85. The Kier molecular flexibility index (Phi) is 6.74. The van der Waals surface area contributed by atoms with Gasteiger partial charge >= 0.3 is 0 Å². The summed E-state index contributed by atoms with van der Waals surface area (Å²) in [4.78, 5) is 0. The first-order valence-corrected chi connectivity index (χ1v) is 9.36. The second kappa shape index (κ2) is 9.45. The van der Waals surface area contributed by atoms with Crippen LogP contribution in [-0.2, 0) is 13.2 Å². The fraction of sp³-hybridized carbons (Fsp3) is 0.217. The summed E-state index contributed by atoms with van der Waals surface area (Å²) in [5, 5.41) is 4.24. The summed E-state index contributed by atoms with van der Waals surface area (Å²) in [5.74, 6) is 1.42. The Morgan fingerprint density at radius 3 is 2.41 bits per heavy atom. The molecule has 140 valence electrons. The van der Waals surface area contributed by atoms with Gasteiger partial charge in [-0.1, -0.05) is 66.2 Å². The Bertz CT molecular complexity index is 867. The fourth-order valence-corrected chi connectivity index (χ4v) is 3.03. The van der Waals surface area contributed by atoms with Crippen LogP contribution in [0.4, 0.5) is 0 Å². The van der Waals surface area contributed by atoms with Crippen molar-refractivity contribution in [2.24, 2.45) is 0 Å². The van der Waals surface area contributed by atoms with Crippen molar-refractivity contribution in [3.05, 3.63) is 94.5 Å². The van der Waals surface area contributed by atoms with Crippen LogP contribution in [0.15, 0.2) is 72.8 Å². The average molecular weight is 382 g/mol. The molecular formula is C23H24ClNO2. The number of benzene rings is 3. The number of hydrogen-bond acceptors (Lipinski definition) is 3. The Morgan fingerprint density at radius 1 is 0.926 bits per heavy atom. The summed E-state index contributed by atoms with van der Waals surface area (Å²) >= 11 is 6.19. The normalized spacial score (nSPS) is 11.8. The van der Waals surface area contributed by atoms with Crippen LogP contribution in [-0.4, -0.2) is 7.11 Å². The molecule has 0 aromatic heterocycles. The van der Waals surface area contributed by atoms with Crippen LogP contribution < -0.4 is 14.8 Å². The maximum atomic E-state index is 6.19. The van der Waals surface area contributed by atoms with Gasteiger partial charge in [-0.25, -0.2) is 0 Å². The molecule has 3 aromatic rings. The lowest BCUT2D eigenvalue weighted by atomic mass is 10.1. The standard InChI is InChI=1S/C23H24ClNO2/c1-17(19-8-4-3-5-9-19)25-15-18-12-13-22(23(14-18)26-2)27-16-20-10-6-7-11-21(20)24/h3-14,17,25H,15-16H2,1-2H3/t17-/m0/s1. The predicted octanol–water partition coefficient (Wildman–Crippen LogP) is 5.78. The Hall–Kier alpha value is -2.49. The van der Waals surface area contributed by atoms with Gasteiger partial charge < -0.3 is 14.8 Å². The van der Waals surface area contributed by atoms with Crippen molar-refractivity contribution in [2.75, 3.05) is 7.11 Å². The molecule has 0 unspecified atom stereocenters. The maximum Gasteiger partial charge on any atom is 0.161 e. The largest absolute Gasteiger partial charge is 0.493 e. The minimum atomic E-state index is 0.272. The zero-order valence-corrected chi connectivity index (χ0v) is 16.4. The molecule has 0 bridgehead atoms. The van der Waals surface area contributed by atoms with E-state index in [2.05, 4.69) is 42.6 Å². The van der Waals surface area contributed by atoms with Crippen molar-refractivity contribution < 1.29 is 9.47 Å². The lowest BCUT2D eigenvalue weighted by molar-refractivity contribution is 0.284. The van der Waals surface area contributed by atoms with E-state index in [1.54, 1.807) is 7.11 Å². The molecule has 3 aromatic carbocycles. The van der Waals surface area contributed by atoms with Crippen LogP contribution in [0.5, 0.6) is 11.5 Å². The molecule has 0 amide bonds. The molecule has 0 aliphatic carbocycles. The highest BCUT2D eigenvalue weighted by Crippen LogP contribution is 2.30. The summed E-state index contributed by atoms with van der Waals surface area (Å²) in [6, 6.07) is 24.3. The highest BCUT2D eigenvalue weighted by atomic mass is 35.5. The van der Waals surface area contributed by atoms with Gasteiger partial charge in [0, 0.05) is 23.2 Å². The number of hydrogen-bond donors (Lipinski definition) is 1. The summed E-state index contributed by atoms with van der Waals surface area (Å²) < 4.78 is 11.4. The molecule has 0 saturated carbocycles. The molecule has 0 radical (unpaired) electrons. The number of halogens is 1. The SMILES string of the molecule is COc1cc(CN[C@@H](C)c2ccccc2)ccc1OCc1ccccc1Cl. The van der Waals surface area contributed by atoms with Crippen LogP contribution in [0.25, 0.3) is 0 Å². The molecule has 0 aliphatic rings. The van der Waals surface area contributed by atoms with Gasteiger partial charge in [-0.15, -0.1) is 0 Å². The van der Waals surface area contributed by atoms with Gasteiger partial charge in [0.05, 0.1) is 7.11 Å². The number of ether oxygens (including phenoxy) is 2. The molecule has 1 N–H and O–H groups in total. The lowest BCUT2D eigenvalue weighted by Crippen LogP contribution is -2.18. The monoisotopic (exact) mass is 381 g/mol. The summed E-state index contributed by atoms with van der Waals surface area (Å²) in [6.07, 6.45) is 0. The van der Waals surface area contributed by atoms with Gasteiger partial charge in [-0.2, -0.15) is 0 Å². The van der Waals surface area contributed by atoms with Crippen LogP contribution >= 0.6 is 11.6 Å². The third kappa shape index (κ3) is 5.25. The van der Waals surface area contributed by atoms with Crippen LogP contribution in [0.3, 0.4) is 0 Å². The minimum absolute atomic E-state index is 0.272. The minimum Gasteiger partial charge on any atom is -0.493 e. The van der Waals surface area contributed by atoms with Crippen molar-refractivity contribution in [2.45, 2.75) is 26.1 Å². The summed E-state index contributed by atoms with van der Waals surface area (Å²) in [5.41, 5.74) is 3.35. The Labute approximate surface area is 165 Å². The van der Waals surface area contributed by atoms with E-state index >= 15 is 0 Å². The van der Waals surface area contributed by atoms with Crippen molar-refractivity contribution >= 4 is 11.6 Å². The molecule has 27 heavy (non-hydrogen) atoms. The molecule has 1 atom stereocenters. The van der Waals surface area contributed by atoms with E-state index in [-0.39, 0.29) is 6.04 Å². The maximum absolute atomic E-state index is 6.19. The topological polar surface area (TPSA) is 30.5 Å². The molecule has 3 nitrogen and oxygen atoms in total. The molecule has 0 spiro atoms. The molecule has 0 aliphatic heterocycles. The highest BCUT2D eigenvalue weighted by molar-refractivity contribution is 6.31. The van der Waals surface area contributed by atoms with E-state index in [9.17, 15) is 0 Å². The van der Waals surface area contributed by atoms with E-state index in [1.165, 1.54) is 5.56 Å². The second-order valence-electron chi connectivity index (χ2n) is 6.38. The van der Waals surface area contributed by atoms with Crippen LogP contribution in [0, 0.1) is 0 Å². The van der Waals surface area contributed by atoms with Gasteiger partial charge in [-0.3, -0.25) is 0 Å². The van der Waals surface area contributed by atoms with Gasteiger partial charge in [0.15, 0.2) is 11.5 Å². The lowest BCUT2D eigenvalue weighted by Gasteiger charge is -2.16. The quantitative estimate of drug-likeness (QED) is 0.536. The van der Waals surface area contributed by atoms with Gasteiger partial charge in [0.2, 0.25) is 0 Å². The molecule has 3 rings (SSSR count). The zero-order valence-electron chi connectivity index (χ0n) is 15.6. The fourth-order valence-electron chi connectivity index (χ4n) is 2.84. The highest BCUT2D eigenvalue weighted by Gasteiger charge is 2.09. The predicted molar refractivity (Wildman–Crippen MR) is 110 cm³/mol. The molecular weight excluding hydrogens is 358 g/mol. The number of rotatable bonds is 8. The van der Waals surface area contributed by atoms with Crippen molar-refractivity contribution in [3.63, 3.8) is 0 Å². The smallest absolute Gasteiger partial charge is 0.161 e. The van der Waals surface area contributed by atoms with E-state index in [0.717, 1.165) is 17.7 Å². The first kappa shape index (κ1) is 19.3. The van der Waals surface area contributed by atoms with Crippen LogP contribution in [0.1, 0.15) is 29.7 Å². The number of nitrogens with one attached hydrogen (secondary N) is 1. The first-order valence-electron chi connectivity index (χ1n) is 8.99. The van der Waals surface area contributed by atoms with E-state index in [1.807, 2.05) is 42.5 Å². The third-order valence-electron chi connectivity index (χ3n) is 4.48.